The first-order chi connectivity index (χ1) is 15.4. The summed E-state index contributed by atoms with van der Waals surface area (Å²) in [6.45, 7) is 4.50. The van der Waals surface area contributed by atoms with Crippen LogP contribution in [-0.2, 0) is 16.9 Å². The summed E-state index contributed by atoms with van der Waals surface area (Å²) < 4.78 is 25.4. The van der Waals surface area contributed by atoms with Crippen molar-refractivity contribution in [3.8, 4) is 11.3 Å². The van der Waals surface area contributed by atoms with Crippen LogP contribution in [0.5, 0.6) is 0 Å². The standard InChI is InChI=1S/C24H31N5O2S/c1-15-7-23-22(24(27-26-23)19-11-25-28(2)12-19)10-21(15)16-8-17-13-29(14-18(17)9-16)20-3-5-32(30,31)6-4-20/h7,10-12,16-18,20H,3-6,8-9,13-14H2,1-2H3,(H,26,27)/t16?,17-,18+. The van der Waals surface area contributed by atoms with Gasteiger partial charge in [-0.1, -0.05) is 0 Å². The Morgan fingerprint density at radius 2 is 1.81 bits per heavy atom. The maximum atomic E-state index is 11.8. The Kier molecular flexibility index (Phi) is 4.73. The van der Waals surface area contributed by atoms with Gasteiger partial charge in [-0.3, -0.25) is 14.7 Å². The van der Waals surface area contributed by atoms with E-state index >= 15 is 0 Å². The van der Waals surface area contributed by atoms with Crippen molar-refractivity contribution >= 4 is 20.7 Å². The first-order valence-corrected chi connectivity index (χ1v) is 13.6. The van der Waals surface area contributed by atoms with Gasteiger partial charge in [0.15, 0.2) is 0 Å². The number of fused-ring (bicyclic) bond motifs is 2. The largest absolute Gasteiger partial charge is 0.300 e. The molecular formula is C24H31N5O2S. The van der Waals surface area contributed by atoms with E-state index in [2.05, 4.69) is 39.3 Å². The van der Waals surface area contributed by atoms with Crippen LogP contribution in [0, 0.1) is 18.8 Å². The van der Waals surface area contributed by atoms with Gasteiger partial charge >= 0.3 is 0 Å². The summed E-state index contributed by atoms with van der Waals surface area (Å²) in [4.78, 5) is 2.60. The van der Waals surface area contributed by atoms with Crippen LogP contribution in [0.1, 0.15) is 42.7 Å². The first-order valence-electron chi connectivity index (χ1n) is 11.8. The third-order valence-electron chi connectivity index (χ3n) is 8.19. The summed E-state index contributed by atoms with van der Waals surface area (Å²) in [5.74, 6) is 2.80. The Balaban J connectivity index is 1.21. The fraction of sp³-hybridized carbons (Fsp3) is 0.583. The Bertz CT molecular complexity index is 1250. The van der Waals surface area contributed by atoms with Crippen LogP contribution in [0.25, 0.3) is 22.2 Å². The maximum absolute atomic E-state index is 11.8. The number of nitrogens with one attached hydrogen (secondary N) is 1. The van der Waals surface area contributed by atoms with Gasteiger partial charge in [-0.05, 0) is 73.6 Å². The van der Waals surface area contributed by atoms with Gasteiger partial charge in [-0.25, -0.2) is 8.42 Å². The molecule has 2 aliphatic heterocycles. The third kappa shape index (κ3) is 3.48. The van der Waals surface area contributed by atoms with E-state index < -0.39 is 9.84 Å². The fourth-order valence-electron chi connectivity index (χ4n) is 6.52. The van der Waals surface area contributed by atoms with E-state index in [4.69, 9.17) is 0 Å². The monoisotopic (exact) mass is 453 g/mol. The molecule has 2 aromatic heterocycles. The molecule has 7 nitrogen and oxygen atoms in total. The van der Waals surface area contributed by atoms with Crippen LogP contribution in [0.15, 0.2) is 24.5 Å². The van der Waals surface area contributed by atoms with E-state index in [0.29, 0.717) is 23.5 Å². The number of sulfone groups is 1. The lowest BCUT2D eigenvalue weighted by atomic mass is 9.90. The van der Waals surface area contributed by atoms with Gasteiger partial charge in [0.2, 0.25) is 0 Å². The lowest BCUT2D eigenvalue weighted by Crippen LogP contribution is -2.40. The summed E-state index contributed by atoms with van der Waals surface area (Å²) in [5.41, 5.74) is 5.92. The molecule has 3 aromatic rings. The zero-order valence-corrected chi connectivity index (χ0v) is 19.6. The van der Waals surface area contributed by atoms with Crippen LogP contribution in [-0.4, -0.2) is 63.9 Å². The lowest BCUT2D eigenvalue weighted by Gasteiger charge is -2.32. The molecule has 4 heterocycles. The highest BCUT2D eigenvalue weighted by molar-refractivity contribution is 7.91. The van der Waals surface area contributed by atoms with Crippen LogP contribution in [0.4, 0.5) is 0 Å². The smallest absolute Gasteiger partial charge is 0.150 e. The molecule has 1 aliphatic carbocycles. The normalized spacial score (nSPS) is 28.5. The van der Waals surface area contributed by atoms with Crippen molar-refractivity contribution < 1.29 is 8.42 Å². The number of aryl methyl sites for hydroxylation is 2. The van der Waals surface area contributed by atoms with Crippen LogP contribution in [0.2, 0.25) is 0 Å². The molecule has 1 unspecified atom stereocenters. The van der Waals surface area contributed by atoms with Gasteiger partial charge in [-0.15, -0.1) is 0 Å². The number of aromatic amines is 1. The second-order valence-corrected chi connectivity index (χ2v) is 12.6. The van der Waals surface area contributed by atoms with Crippen LogP contribution >= 0.6 is 0 Å². The lowest BCUT2D eigenvalue weighted by molar-refractivity contribution is 0.208. The number of hydrogen-bond donors (Lipinski definition) is 1. The second kappa shape index (κ2) is 7.42. The van der Waals surface area contributed by atoms with Gasteiger partial charge in [-0.2, -0.15) is 10.2 Å². The molecule has 2 saturated heterocycles. The minimum Gasteiger partial charge on any atom is -0.300 e. The average molecular weight is 454 g/mol. The predicted octanol–water partition coefficient (Wildman–Crippen LogP) is 3.27. The quantitative estimate of drug-likeness (QED) is 0.658. The molecule has 0 spiro atoms. The molecule has 3 fully saturated rings. The van der Waals surface area contributed by atoms with Gasteiger partial charge in [0.05, 0.1) is 23.2 Å². The van der Waals surface area contributed by atoms with Crippen molar-refractivity contribution in [2.75, 3.05) is 24.6 Å². The van der Waals surface area contributed by atoms with Crippen molar-refractivity contribution in [3.63, 3.8) is 0 Å². The van der Waals surface area contributed by atoms with Gasteiger partial charge in [0.1, 0.15) is 15.5 Å². The molecule has 32 heavy (non-hydrogen) atoms. The summed E-state index contributed by atoms with van der Waals surface area (Å²) in [7, 11) is -0.857. The number of H-pyrrole nitrogens is 1. The molecule has 0 amide bonds. The van der Waals surface area contributed by atoms with Crippen molar-refractivity contribution in [2.45, 2.75) is 44.6 Å². The molecule has 3 aliphatic rings. The minimum atomic E-state index is -2.79. The molecule has 8 heteroatoms. The molecule has 1 aromatic carbocycles. The maximum Gasteiger partial charge on any atom is 0.150 e. The summed E-state index contributed by atoms with van der Waals surface area (Å²) >= 11 is 0. The first kappa shape index (κ1) is 20.4. The minimum absolute atomic E-state index is 0.370. The Labute approximate surface area is 189 Å². The van der Waals surface area contributed by atoms with E-state index in [1.54, 1.807) is 0 Å². The fourth-order valence-corrected chi connectivity index (χ4v) is 7.99. The molecular weight excluding hydrogens is 422 g/mol. The summed E-state index contributed by atoms with van der Waals surface area (Å²) in [6, 6.07) is 5.08. The van der Waals surface area contributed by atoms with E-state index in [9.17, 15) is 8.42 Å². The van der Waals surface area contributed by atoms with E-state index in [0.717, 1.165) is 54.5 Å². The summed E-state index contributed by atoms with van der Waals surface area (Å²) in [5, 5.41) is 13.3. The number of likely N-dealkylation sites (tertiary alicyclic amines) is 1. The van der Waals surface area contributed by atoms with Crippen LogP contribution < -0.4 is 0 Å². The van der Waals surface area contributed by atoms with Gasteiger partial charge in [0.25, 0.3) is 0 Å². The molecule has 6 rings (SSSR count). The number of aromatic nitrogens is 4. The number of hydrogen-bond acceptors (Lipinski definition) is 5. The topological polar surface area (TPSA) is 83.9 Å². The predicted molar refractivity (Wildman–Crippen MR) is 125 cm³/mol. The van der Waals surface area contributed by atoms with Gasteiger partial charge in [0, 0.05) is 43.3 Å². The number of benzene rings is 1. The molecule has 1 saturated carbocycles. The molecule has 0 bridgehead atoms. The summed E-state index contributed by atoms with van der Waals surface area (Å²) in [6.07, 6.45) is 7.99. The molecule has 170 valence electrons. The third-order valence-corrected chi connectivity index (χ3v) is 9.90. The van der Waals surface area contributed by atoms with Crippen molar-refractivity contribution in [2.24, 2.45) is 18.9 Å². The zero-order chi connectivity index (χ0) is 22.0. The van der Waals surface area contributed by atoms with Crippen molar-refractivity contribution in [1.82, 2.24) is 24.9 Å². The second-order valence-electron chi connectivity index (χ2n) is 10.3. The van der Waals surface area contributed by atoms with E-state index in [-0.39, 0.29) is 0 Å². The SMILES string of the molecule is Cc1cc2[nH]nc(-c3cnn(C)c3)c2cc1C1C[C@@H]2CN(C3CCS(=O)(=O)CC3)C[C@@H]2C1. The Hall–Kier alpha value is -2.19. The molecule has 0 radical (unpaired) electrons. The number of nitrogens with zero attached hydrogens (tertiary/aromatic N) is 4. The number of rotatable bonds is 3. The highest BCUT2D eigenvalue weighted by Gasteiger charge is 2.44. The highest BCUT2D eigenvalue weighted by Crippen LogP contribution is 2.48. The highest BCUT2D eigenvalue weighted by atomic mass is 32.2. The van der Waals surface area contributed by atoms with Crippen molar-refractivity contribution in [1.29, 1.82) is 0 Å². The Morgan fingerprint density at radius 1 is 1.09 bits per heavy atom. The van der Waals surface area contributed by atoms with Crippen LogP contribution in [0.3, 0.4) is 0 Å². The average Bonchev–Trinajstić information content (AvgIpc) is 3.50. The zero-order valence-electron chi connectivity index (χ0n) is 18.8. The van der Waals surface area contributed by atoms with Crippen molar-refractivity contribution in [3.05, 3.63) is 35.7 Å². The molecule has 3 atom stereocenters. The van der Waals surface area contributed by atoms with E-state index in [1.807, 2.05) is 24.1 Å². The molecule has 1 N–H and O–H groups in total. The Morgan fingerprint density at radius 3 is 2.47 bits per heavy atom. The van der Waals surface area contributed by atoms with E-state index in [1.165, 1.54) is 29.4 Å². The van der Waals surface area contributed by atoms with Gasteiger partial charge < -0.3 is 0 Å².